The van der Waals surface area contributed by atoms with Crippen molar-refractivity contribution in [1.82, 2.24) is 4.98 Å². The molecule has 0 aliphatic carbocycles. The summed E-state index contributed by atoms with van der Waals surface area (Å²) in [6, 6.07) is 0. The van der Waals surface area contributed by atoms with Gasteiger partial charge in [0.05, 0.1) is 18.9 Å². The van der Waals surface area contributed by atoms with Gasteiger partial charge in [-0.2, -0.15) is 0 Å². The first kappa shape index (κ1) is 15.9. The number of ether oxygens (including phenoxy) is 1. The molecule has 0 amide bonds. The first-order valence-electron chi connectivity index (χ1n) is 4.80. The minimum Gasteiger partial charge on any atom is -0.378 e. The summed E-state index contributed by atoms with van der Waals surface area (Å²) in [7, 11) is 0. The summed E-state index contributed by atoms with van der Waals surface area (Å²) < 4.78 is 5.30. The Morgan fingerprint density at radius 1 is 1.38 bits per heavy atom. The number of anilines is 1. The number of thiazole rings is 1. The Morgan fingerprint density at radius 3 is 2.50 bits per heavy atom. The topological polar surface area (TPSA) is 51.4 Å². The quantitative estimate of drug-likeness (QED) is 0.897. The standard InChI is InChI=1S/C9H15N3OS.2ClH/c1-7-8(6-10)14-9(11-7)12-2-4-13-5-3-12;;/h2-6,10H2,1H3;2*1H. The van der Waals surface area contributed by atoms with Crippen LogP contribution >= 0.6 is 36.2 Å². The number of aromatic nitrogens is 1. The van der Waals surface area contributed by atoms with E-state index in [0.29, 0.717) is 6.54 Å². The minimum absolute atomic E-state index is 0. The Balaban J connectivity index is 0.00000112. The van der Waals surface area contributed by atoms with E-state index in [1.165, 1.54) is 4.88 Å². The van der Waals surface area contributed by atoms with Crippen LogP contribution in [0.5, 0.6) is 0 Å². The molecule has 0 radical (unpaired) electrons. The lowest BCUT2D eigenvalue weighted by Gasteiger charge is -2.26. The number of morpholine rings is 1. The van der Waals surface area contributed by atoms with Crippen molar-refractivity contribution in [3.05, 3.63) is 10.6 Å². The summed E-state index contributed by atoms with van der Waals surface area (Å²) >= 11 is 1.70. The predicted octanol–water partition coefficient (Wildman–Crippen LogP) is 1.59. The van der Waals surface area contributed by atoms with Crippen LogP contribution in [0.4, 0.5) is 5.13 Å². The number of hydrogen-bond acceptors (Lipinski definition) is 5. The van der Waals surface area contributed by atoms with E-state index >= 15 is 0 Å². The van der Waals surface area contributed by atoms with E-state index in [0.717, 1.165) is 37.1 Å². The second-order valence-electron chi connectivity index (χ2n) is 3.31. The minimum atomic E-state index is 0. The molecule has 0 unspecified atom stereocenters. The van der Waals surface area contributed by atoms with E-state index < -0.39 is 0 Å². The molecule has 1 aliphatic heterocycles. The van der Waals surface area contributed by atoms with Gasteiger partial charge < -0.3 is 15.4 Å². The lowest BCUT2D eigenvalue weighted by Crippen LogP contribution is -2.36. The molecule has 94 valence electrons. The fraction of sp³-hybridized carbons (Fsp3) is 0.667. The average Bonchev–Trinajstić information content (AvgIpc) is 2.61. The molecule has 16 heavy (non-hydrogen) atoms. The molecule has 1 fully saturated rings. The Bertz CT molecular complexity index is 316. The third kappa shape index (κ3) is 3.46. The summed E-state index contributed by atoms with van der Waals surface area (Å²) in [5.41, 5.74) is 6.69. The van der Waals surface area contributed by atoms with Gasteiger partial charge in [-0.1, -0.05) is 0 Å². The second-order valence-corrected chi connectivity index (χ2v) is 4.37. The van der Waals surface area contributed by atoms with Crippen molar-refractivity contribution in [3.63, 3.8) is 0 Å². The smallest absolute Gasteiger partial charge is 0.185 e. The number of hydrogen-bond donors (Lipinski definition) is 1. The van der Waals surface area contributed by atoms with Gasteiger partial charge >= 0.3 is 0 Å². The molecule has 1 saturated heterocycles. The van der Waals surface area contributed by atoms with Crippen LogP contribution in [0.15, 0.2) is 0 Å². The van der Waals surface area contributed by atoms with E-state index in [-0.39, 0.29) is 24.8 Å². The molecule has 1 aliphatic rings. The summed E-state index contributed by atoms with van der Waals surface area (Å²) in [6.07, 6.45) is 0. The number of nitrogens with zero attached hydrogens (tertiary/aromatic N) is 2. The highest BCUT2D eigenvalue weighted by molar-refractivity contribution is 7.15. The first-order chi connectivity index (χ1) is 6.81. The van der Waals surface area contributed by atoms with Crippen LogP contribution in [-0.4, -0.2) is 31.3 Å². The summed E-state index contributed by atoms with van der Waals surface area (Å²) in [6.45, 7) is 6.09. The van der Waals surface area contributed by atoms with Gasteiger partial charge in [0.25, 0.3) is 0 Å². The number of nitrogens with two attached hydrogens (primary N) is 1. The zero-order valence-corrected chi connectivity index (χ0v) is 11.6. The molecule has 0 spiro atoms. The van der Waals surface area contributed by atoms with E-state index in [1.807, 2.05) is 6.92 Å². The molecule has 1 aromatic heterocycles. The average molecular weight is 286 g/mol. The maximum absolute atomic E-state index is 5.62. The Kier molecular flexibility index (Phi) is 7.26. The number of halogens is 2. The molecular weight excluding hydrogens is 269 g/mol. The van der Waals surface area contributed by atoms with Crippen molar-refractivity contribution in [2.75, 3.05) is 31.2 Å². The van der Waals surface area contributed by atoms with Crippen molar-refractivity contribution in [2.24, 2.45) is 5.73 Å². The van der Waals surface area contributed by atoms with Gasteiger partial charge in [0.2, 0.25) is 0 Å². The lowest BCUT2D eigenvalue weighted by molar-refractivity contribution is 0.122. The Morgan fingerprint density at radius 2 is 2.00 bits per heavy atom. The fourth-order valence-corrected chi connectivity index (χ4v) is 2.48. The molecule has 2 rings (SSSR count). The van der Waals surface area contributed by atoms with Crippen LogP contribution in [0.25, 0.3) is 0 Å². The third-order valence-corrected chi connectivity index (χ3v) is 3.59. The Labute approximate surface area is 112 Å². The van der Waals surface area contributed by atoms with Gasteiger partial charge in [-0.15, -0.1) is 36.2 Å². The summed E-state index contributed by atoms with van der Waals surface area (Å²) in [5.74, 6) is 0. The molecular formula is C9H17Cl2N3OS. The lowest BCUT2D eigenvalue weighted by atomic mass is 10.4. The van der Waals surface area contributed by atoms with Crippen LogP contribution in [0.1, 0.15) is 10.6 Å². The molecule has 4 nitrogen and oxygen atoms in total. The fourth-order valence-electron chi connectivity index (χ4n) is 1.49. The predicted molar refractivity (Wildman–Crippen MR) is 72.3 cm³/mol. The molecule has 2 N–H and O–H groups in total. The van der Waals surface area contributed by atoms with Crippen LogP contribution in [0.2, 0.25) is 0 Å². The molecule has 2 heterocycles. The maximum Gasteiger partial charge on any atom is 0.185 e. The van der Waals surface area contributed by atoms with E-state index in [4.69, 9.17) is 10.5 Å². The van der Waals surface area contributed by atoms with Crippen LogP contribution in [-0.2, 0) is 11.3 Å². The zero-order valence-electron chi connectivity index (χ0n) is 9.14. The van der Waals surface area contributed by atoms with Crippen molar-refractivity contribution in [1.29, 1.82) is 0 Å². The molecule has 1 aromatic rings. The van der Waals surface area contributed by atoms with Gasteiger partial charge in [-0.25, -0.2) is 4.98 Å². The number of aryl methyl sites for hydroxylation is 1. The van der Waals surface area contributed by atoms with Crippen molar-refractivity contribution in [2.45, 2.75) is 13.5 Å². The summed E-state index contributed by atoms with van der Waals surface area (Å²) in [4.78, 5) is 7.96. The SMILES string of the molecule is Cc1nc(N2CCOCC2)sc1CN.Cl.Cl. The monoisotopic (exact) mass is 285 g/mol. The van der Waals surface area contributed by atoms with Crippen LogP contribution in [0.3, 0.4) is 0 Å². The van der Waals surface area contributed by atoms with Gasteiger partial charge in [0.15, 0.2) is 5.13 Å². The van der Waals surface area contributed by atoms with E-state index in [1.54, 1.807) is 11.3 Å². The van der Waals surface area contributed by atoms with E-state index in [9.17, 15) is 0 Å². The molecule has 0 atom stereocenters. The zero-order chi connectivity index (χ0) is 9.97. The second kappa shape index (κ2) is 7.29. The summed E-state index contributed by atoms with van der Waals surface area (Å²) in [5, 5.41) is 1.09. The Hall–Kier alpha value is -0.0700. The molecule has 7 heteroatoms. The van der Waals surface area contributed by atoms with Gasteiger partial charge in [-0.3, -0.25) is 0 Å². The van der Waals surface area contributed by atoms with Crippen LogP contribution < -0.4 is 10.6 Å². The third-order valence-electron chi connectivity index (χ3n) is 2.35. The largest absolute Gasteiger partial charge is 0.378 e. The van der Waals surface area contributed by atoms with Gasteiger partial charge in [-0.05, 0) is 6.92 Å². The van der Waals surface area contributed by atoms with Gasteiger partial charge in [0.1, 0.15) is 0 Å². The highest BCUT2D eigenvalue weighted by atomic mass is 35.5. The van der Waals surface area contributed by atoms with Crippen molar-refractivity contribution in [3.8, 4) is 0 Å². The molecule has 0 saturated carbocycles. The molecule has 0 aromatic carbocycles. The van der Waals surface area contributed by atoms with Gasteiger partial charge in [0, 0.05) is 24.5 Å². The van der Waals surface area contributed by atoms with Crippen molar-refractivity contribution < 1.29 is 4.74 Å². The first-order valence-corrected chi connectivity index (χ1v) is 5.62. The van der Waals surface area contributed by atoms with Crippen LogP contribution in [0, 0.1) is 6.92 Å². The highest BCUT2D eigenvalue weighted by Gasteiger charge is 2.15. The maximum atomic E-state index is 5.62. The normalized spacial score (nSPS) is 15.2. The number of rotatable bonds is 2. The van der Waals surface area contributed by atoms with E-state index in [2.05, 4.69) is 9.88 Å². The molecule has 0 bridgehead atoms. The highest BCUT2D eigenvalue weighted by Crippen LogP contribution is 2.25. The van der Waals surface area contributed by atoms with Crippen molar-refractivity contribution >= 4 is 41.3 Å².